The quantitative estimate of drug-likeness (QED) is 0.817. The lowest BCUT2D eigenvalue weighted by Gasteiger charge is -2.07. The fourth-order valence-electron chi connectivity index (χ4n) is 1.51. The summed E-state index contributed by atoms with van der Waals surface area (Å²) in [5.74, 6) is -0.866. The Morgan fingerprint density at radius 3 is 2.67 bits per heavy atom. The Kier molecular flexibility index (Phi) is 3.46. The minimum absolute atomic E-state index is 0.0195. The molecule has 0 aliphatic rings. The molecule has 3 nitrogen and oxygen atoms in total. The van der Waals surface area contributed by atoms with Crippen LogP contribution in [0.1, 0.15) is 29.2 Å². The Balaban J connectivity index is 3.25. The SMILES string of the molecule is CCc1cc(C#N)c(C)c(CC(=O)O)c1. The van der Waals surface area contributed by atoms with Crippen LogP contribution in [0.15, 0.2) is 12.1 Å². The number of aryl methyl sites for hydroxylation is 1. The number of rotatable bonds is 3. The third-order valence-electron chi connectivity index (χ3n) is 2.45. The molecule has 0 aromatic heterocycles. The van der Waals surface area contributed by atoms with Gasteiger partial charge in [0.15, 0.2) is 0 Å². The Bertz CT molecular complexity index is 430. The normalized spacial score (nSPS) is 9.67. The van der Waals surface area contributed by atoms with E-state index in [1.165, 1.54) is 0 Å². The number of carboxylic acid groups (broad SMARTS) is 1. The van der Waals surface area contributed by atoms with Crippen LogP contribution in [0, 0.1) is 18.3 Å². The van der Waals surface area contributed by atoms with Crippen molar-refractivity contribution >= 4 is 5.97 Å². The van der Waals surface area contributed by atoms with E-state index in [1.54, 1.807) is 6.92 Å². The predicted octanol–water partition coefficient (Wildman–Crippen LogP) is 2.06. The van der Waals surface area contributed by atoms with Gasteiger partial charge in [0.1, 0.15) is 0 Å². The van der Waals surface area contributed by atoms with Gasteiger partial charge in [-0.25, -0.2) is 0 Å². The standard InChI is InChI=1S/C12H13NO2/c1-3-9-4-10(6-12(14)15)8(2)11(5-9)7-13/h4-5H,3,6H2,1-2H3,(H,14,15). The second-order valence-corrected chi connectivity index (χ2v) is 3.46. The number of benzene rings is 1. The van der Waals surface area contributed by atoms with E-state index in [-0.39, 0.29) is 6.42 Å². The summed E-state index contributed by atoms with van der Waals surface area (Å²) >= 11 is 0. The summed E-state index contributed by atoms with van der Waals surface area (Å²) in [6.45, 7) is 3.77. The molecule has 0 unspecified atom stereocenters. The van der Waals surface area contributed by atoms with Crippen molar-refractivity contribution in [2.24, 2.45) is 0 Å². The van der Waals surface area contributed by atoms with Gasteiger partial charge in [0.25, 0.3) is 0 Å². The van der Waals surface area contributed by atoms with Gasteiger partial charge in [0.05, 0.1) is 18.1 Å². The van der Waals surface area contributed by atoms with E-state index in [4.69, 9.17) is 10.4 Å². The number of carboxylic acids is 1. The average molecular weight is 203 g/mol. The van der Waals surface area contributed by atoms with Crippen molar-refractivity contribution in [2.45, 2.75) is 26.7 Å². The summed E-state index contributed by atoms with van der Waals surface area (Å²) < 4.78 is 0. The van der Waals surface area contributed by atoms with Crippen molar-refractivity contribution < 1.29 is 9.90 Å². The Morgan fingerprint density at radius 1 is 1.53 bits per heavy atom. The van der Waals surface area contributed by atoms with Gasteiger partial charge in [-0.2, -0.15) is 5.26 Å². The molecule has 3 heteroatoms. The van der Waals surface area contributed by atoms with Gasteiger partial charge in [-0.3, -0.25) is 4.79 Å². The Morgan fingerprint density at radius 2 is 2.20 bits per heavy atom. The third kappa shape index (κ3) is 2.57. The molecular weight excluding hydrogens is 190 g/mol. The van der Waals surface area contributed by atoms with Crippen LogP contribution < -0.4 is 0 Å². The first-order chi connectivity index (χ1) is 7.08. The summed E-state index contributed by atoms with van der Waals surface area (Å²) in [5.41, 5.74) is 3.09. The summed E-state index contributed by atoms with van der Waals surface area (Å²) in [4.78, 5) is 10.6. The lowest BCUT2D eigenvalue weighted by molar-refractivity contribution is -0.136. The summed E-state index contributed by atoms with van der Waals surface area (Å²) in [5, 5.41) is 17.6. The maximum absolute atomic E-state index is 10.6. The molecule has 0 spiro atoms. The lowest BCUT2D eigenvalue weighted by Crippen LogP contribution is -2.04. The Labute approximate surface area is 89.0 Å². The number of nitriles is 1. The highest BCUT2D eigenvalue weighted by Crippen LogP contribution is 2.17. The van der Waals surface area contributed by atoms with Gasteiger partial charge in [-0.05, 0) is 36.1 Å². The maximum Gasteiger partial charge on any atom is 0.307 e. The molecule has 0 aliphatic heterocycles. The average Bonchev–Trinajstić information content (AvgIpc) is 2.20. The zero-order valence-corrected chi connectivity index (χ0v) is 8.87. The Hall–Kier alpha value is -1.82. The van der Waals surface area contributed by atoms with Crippen LogP contribution in [0.4, 0.5) is 0 Å². The molecule has 0 saturated carbocycles. The summed E-state index contributed by atoms with van der Waals surface area (Å²) in [7, 11) is 0. The highest BCUT2D eigenvalue weighted by atomic mass is 16.4. The number of aliphatic carboxylic acids is 1. The number of carbonyl (C=O) groups is 1. The molecule has 0 saturated heterocycles. The van der Waals surface area contributed by atoms with Gasteiger partial charge in [-0.1, -0.05) is 13.0 Å². The zero-order chi connectivity index (χ0) is 11.4. The van der Waals surface area contributed by atoms with Crippen LogP contribution in [0.2, 0.25) is 0 Å². The van der Waals surface area contributed by atoms with Crippen LogP contribution >= 0.6 is 0 Å². The lowest BCUT2D eigenvalue weighted by atomic mass is 9.96. The van der Waals surface area contributed by atoms with Crippen molar-refractivity contribution in [3.05, 3.63) is 34.4 Å². The molecule has 0 heterocycles. The van der Waals surface area contributed by atoms with Gasteiger partial charge in [0, 0.05) is 0 Å². The van der Waals surface area contributed by atoms with E-state index in [1.807, 2.05) is 19.1 Å². The van der Waals surface area contributed by atoms with Crippen LogP contribution in [0.5, 0.6) is 0 Å². The van der Waals surface area contributed by atoms with E-state index in [2.05, 4.69) is 6.07 Å². The van der Waals surface area contributed by atoms with Crippen LogP contribution in [-0.2, 0) is 17.6 Å². The smallest absolute Gasteiger partial charge is 0.307 e. The highest BCUT2D eigenvalue weighted by molar-refractivity contribution is 5.71. The molecule has 1 aromatic carbocycles. The van der Waals surface area contributed by atoms with Crippen LogP contribution in [0.3, 0.4) is 0 Å². The molecule has 0 bridgehead atoms. The van der Waals surface area contributed by atoms with Crippen molar-refractivity contribution in [3.63, 3.8) is 0 Å². The monoisotopic (exact) mass is 203 g/mol. The highest BCUT2D eigenvalue weighted by Gasteiger charge is 2.09. The molecule has 0 radical (unpaired) electrons. The number of hydrogen-bond donors (Lipinski definition) is 1. The van der Waals surface area contributed by atoms with Gasteiger partial charge in [-0.15, -0.1) is 0 Å². The summed E-state index contributed by atoms with van der Waals surface area (Å²) in [6, 6.07) is 5.78. The zero-order valence-electron chi connectivity index (χ0n) is 8.87. The first-order valence-electron chi connectivity index (χ1n) is 4.82. The molecule has 0 fully saturated rings. The van der Waals surface area contributed by atoms with Gasteiger partial charge >= 0.3 is 5.97 Å². The molecule has 1 N–H and O–H groups in total. The molecule has 1 aromatic rings. The van der Waals surface area contributed by atoms with Crippen molar-refractivity contribution in [1.29, 1.82) is 5.26 Å². The van der Waals surface area contributed by atoms with E-state index < -0.39 is 5.97 Å². The van der Waals surface area contributed by atoms with Crippen molar-refractivity contribution in [3.8, 4) is 6.07 Å². The molecule has 78 valence electrons. The minimum atomic E-state index is -0.866. The molecule has 0 amide bonds. The minimum Gasteiger partial charge on any atom is -0.481 e. The van der Waals surface area contributed by atoms with Crippen molar-refractivity contribution in [1.82, 2.24) is 0 Å². The molecular formula is C12H13NO2. The molecule has 1 rings (SSSR count). The van der Waals surface area contributed by atoms with Gasteiger partial charge in [0.2, 0.25) is 0 Å². The maximum atomic E-state index is 10.6. The second-order valence-electron chi connectivity index (χ2n) is 3.46. The third-order valence-corrected chi connectivity index (χ3v) is 2.45. The summed E-state index contributed by atoms with van der Waals surface area (Å²) in [6.07, 6.45) is 0.788. The largest absolute Gasteiger partial charge is 0.481 e. The fourth-order valence-corrected chi connectivity index (χ4v) is 1.51. The molecule has 0 aliphatic carbocycles. The second kappa shape index (κ2) is 4.61. The van der Waals surface area contributed by atoms with Gasteiger partial charge < -0.3 is 5.11 Å². The van der Waals surface area contributed by atoms with E-state index in [0.717, 1.165) is 23.1 Å². The van der Waals surface area contributed by atoms with Crippen LogP contribution in [-0.4, -0.2) is 11.1 Å². The first kappa shape index (κ1) is 11.3. The topological polar surface area (TPSA) is 61.1 Å². The molecule has 0 atom stereocenters. The number of nitrogens with zero attached hydrogens (tertiary/aromatic N) is 1. The predicted molar refractivity (Wildman–Crippen MR) is 56.6 cm³/mol. The molecule has 15 heavy (non-hydrogen) atoms. The van der Waals surface area contributed by atoms with Crippen LogP contribution in [0.25, 0.3) is 0 Å². The van der Waals surface area contributed by atoms with Crippen molar-refractivity contribution in [2.75, 3.05) is 0 Å². The van der Waals surface area contributed by atoms with E-state index >= 15 is 0 Å². The fraction of sp³-hybridized carbons (Fsp3) is 0.333. The van der Waals surface area contributed by atoms with E-state index in [0.29, 0.717) is 5.56 Å². The van der Waals surface area contributed by atoms with E-state index in [9.17, 15) is 4.79 Å². The first-order valence-corrected chi connectivity index (χ1v) is 4.82. The number of hydrogen-bond acceptors (Lipinski definition) is 2.